The van der Waals surface area contributed by atoms with Crippen molar-refractivity contribution in [2.45, 2.75) is 52.6 Å². The Morgan fingerprint density at radius 1 is 1.24 bits per heavy atom. The molecule has 1 aromatic rings. The van der Waals surface area contributed by atoms with Crippen LogP contribution in [0.5, 0.6) is 0 Å². The van der Waals surface area contributed by atoms with Gasteiger partial charge < -0.3 is 10.2 Å². The van der Waals surface area contributed by atoms with Gasteiger partial charge >= 0.3 is 0 Å². The van der Waals surface area contributed by atoms with E-state index in [1.54, 1.807) is 0 Å². The van der Waals surface area contributed by atoms with Gasteiger partial charge in [0.25, 0.3) is 0 Å². The third-order valence-electron chi connectivity index (χ3n) is 3.70. The number of anilines is 1. The monoisotopic (exact) mass is 296 g/mol. The van der Waals surface area contributed by atoms with Crippen molar-refractivity contribution in [1.82, 2.24) is 5.32 Å². The minimum absolute atomic E-state index is 0.159. The Balaban J connectivity index is 2.12. The smallest absolute Gasteiger partial charge is 0.149 e. The first-order chi connectivity index (χ1) is 10.0. The Bertz CT molecular complexity index is 447. The Morgan fingerprint density at radius 2 is 1.86 bits per heavy atom. The van der Waals surface area contributed by atoms with Gasteiger partial charge in [0.05, 0.1) is 0 Å². The zero-order valence-electron chi connectivity index (χ0n) is 13.3. The van der Waals surface area contributed by atoms with Crippen molar-refractivity contribution in [2.75, 3.05) is 18.0 Å². The quantitative estimate of drug-likeness (QED) is 0.777. The lowest BCUT2D eigenvalue weighted by molar-refractivity contribution is 0.540. The first-order valence-electron chi connectivity index (χ1n) is 7.98. The van der Waals surface area contributed by atoms with Gasteiger partial charge in [-0.15, -0.1) is 0 Å². The highest BCUT2D eigenvalue weighted by Gasteiger charge is 2.32. The van der Waals surface area contributed by atoms with Crippen molar-refractivity contribution in [1.29, 1.82) is 0 Å². The van der Waals surface area contributed by atoms with E-state index in [0.29, 0.717) is 30.6 Å². The van der Waals surface area contributed by atoms with Crippen LogP contribution in [0.1, 0.15) is 45.6 Å². The van der Waals surface area contributed by atoms with Gasteiger partial charge in [-0.25, -0.2) is 8.78 Å². The topological polar surface area (TPSA) is 15.3 Å². The molecule has 0 aromatic heterocycles. The van der Waals surface area contributed by atoms with Crippen LogP contribution < -0.4 is 10.2 Å². The van der Waals surface area contributed by atoms with Gasteiger partial charge in [-0.05, 0) is 49.4 Å². The van der Waals surface area contributed by atoms with Crippen molar-refractivity contribution in [3.63, 3.8) is 0 Å². The zero-order valence-corrected chi connectivity index (χ0v) is 13.3. The van der Waals surface area contributed by atoms with Crippen LogP contribution in [0.15, 0.2) is 12.1 Å². The Hall–Kier alpha value is -1.16. The van der Waals surface area contributed by atoms with E-state index in [0.717, 1.165) is 25.8 Å². The molecule has 1 saturated carbocycles. The van der Waals surface area contributed by atoms with Crippen LogP contribution in [0.3, 0.4) is 0 Å². The van der Waals surface area contributed by atoms with Gasteiger partial charge in [-0.1, -0.05) is 20.8 Å². The first kappa shape index (κ1) is 16.2. The SMILES string of the molecule is CCCN(c1c(F)cc(CNCC(C)C)cc1F)C1CC1. The normalized spacial score (nSPS) is 14.8. The minimum atomic E-state index is -0.434. The van der Waals surface area contributed by atoms with Gasteiger partial charge in [-0.3, -0.25) is 0 Å². The second-order valence-corrected chi connectivity index (χ2v) is 6.36. The molecular formula is C17H26F2N2. The lowest BCUT2D eigenvalue weighted by Crippen LogP contribution is -2.28. The predicted molar refractivity (Wildman–Crippen MR) is 83.6 cm³/mol. The van der Waals surface area contributed by atoms with E-state index in [2.05, 4.69) is 19.2 Å². The molecule has 0 atom stereocenters. The number of hydrogen-bond donors (Lipinski definition) is 1. The Kier molecular flexibility index (Phi) is 5.57. The molecule has 1 N–H and O–H groups in total. The molecular weight excluding hydrogens is 270 g/mol. The summed E-state index contributed by atoms with van der Waals surface area (Å²) in [5.41, 5.74) is 0.827. The van der Waals surface area contributed by atoms with E-state index in [9.17, 15) is 8.78 Å². The van der Waals surface area contributed by atoms with Crippen molar-refractivity contribution in [3.05, 3.63) is 29.3 Å². The molecule has 1 aliphatic rings. The molecule has 21 heavy (non-hydrogen) atoms. The highest BCUT2D eigenvalue weighted by atomic mass is 19.1. The average Bonchev–Trinajstić information content (AvgIpc) is 3.20. The molecule has 0 radical (unpaired) electrons. The van der Waals surface area contributed by atoms with Gasteiger partial charge in [0, 0.05) is 19.1 Å². The summed E-state index contributed by atoms with van der Waals surface area (Å²) in [4.78, 5) is 1.90. The van der Waals surface area contributed by atoms with Gasteiger partial charge in [-0.2, -0.15) is 0 Å². The van der Waals surface area contributed by atoms with Crippen LogP contribution >= 0.6 is 0 Å². The minimum Gasteiger partial charge on any atom is -0.364 e. The highest BCUT2D eigenvalue weighted by molar-refractivity contribution is 5.52. The maximum absolute atomic E-state index is 14.3. The predicted octanol–water partition coefficient (Wildman–Crippen LogP) is 4.09. The summed E-state index contributed by atoms with van der Waals surface area (Å²) in [5, 5.41) is 3.22. The molecule has 2 nitrogen and oxygen atoms in total. The van der Waals surface area contributed by atoms with Crippen molar-refractivity contribution >= 4 is 5.69 Å². The summed E-state index contributed by atoms with van der Waals surface area (Å²) in [6, 6.07) is 3.26. The number of nitrogens with one attached hydrogen (secondary N) is 1. The van der Waals surface area contributed by atoms with Crippen molar-refractivity contribution < 1.29 is 8.78 Å². The van der Waals surface area contributed by atoms with Gasteiger partial charge in [0.15, 0.2) is 0 Å². The van der Waals surface area contributed by atoms with Gasteiger partial charge in [0.2, 0.25) is 0 Å². The van der Waals surface area contributed by atoms with E-state index in [1.807, 2.05) is 11.8 Å². The molecule has 0 spiro atoms. The van der Waals surface area contributed by atoms with Crippen LogP contribution in [0.4, 0.5) is 14.5 Å². The number of rotatable bonds is 8. The van der Waals surface area contributed by atoms with Crippen LogP contribution in [-0.2, 0) is 6.54 Å². The molecule has 0 heterocycles. The lowest BCUT2D eigenvalue weighted by Gasteiger charge is -2.25. The maximum Gasteiger partial charge on any atom is 0.149 e. The molecule has 0 unspecified atom stereocenters. The summed E-state index contributed by atoms with van der Waals surface area (Å²) >= 11 is 0. The second-order valence-electron chi connectivity index (χ2n) is 6.36. The van der Waals surface area contributed by atoms with Crippen LogP contribution in [0, 0.1) is 17.6 Å². The molecule has 0 saturated heterocycles. The molecule has 1 aliphatic carbocycles. The molecule has 0 amide bonds. The van der Waals surface area contributed by atoms with Crippen molar-refractivity contribution in [2.24, 2.45) is 5.92 Å². The second kappa shape index (κ2) is 7.21. The summed E-state index contributed by atoms with van der Waals surface area (Å²) in [6.07, 6.45) is 2.97. The summed E-state index contributed by atoms with van der Waals surface area (Å²) in [6.45, 7) is 8.31. The molecule has 0 bridgehead atoms. The van der Waals surface area contributed by atoms with E-state index in [4.69, 9.17) is 0 Å². The fourth-order valence-corrected chi connectivity index (χ4v) is 2.60. The molecule has 0 aliphatic heterocycles. The maximum atomic E-state index is 14.3. The van der Waals surface area contributed by atoms with E-state index < -0.39 is 11.6 Å². The van der Waals surface area contributed by atoms with Crippen LogP contribution in [0.2, 0.25) is 0 Å². The number of halogens is 2. The summed E-state index contributed by atoms with van der Waals surface area (Å²) in [5.74, 6) is -0.345. The Morgan fingerprint density at radius 3 is 2.33 bits per heavy atom. The fraction of sp³-hybridized carbons (Fsp3) is 0.647. The van der Waals surface area contributed by atoms with E-state index >= 15 is 0 Å². The molecule has 1 aromatic carbocycles. The third-order valence-corrected chi connectivity index (χ3v) is 3.70. The molecule has 118 valence electrons. The highest BCUT2D eigenvalue weighted by Crippen LogP contribution is 2.35. The fourth-order valence-electron chi connectivity index (χ4n) is 2.60. The first-order valence-corrected chi connectivity index (χ1v) is 7.98. The van der Waals surface area contributed by atoms with E-state index in [1.165, 1.54) is 12.1 Å². The van der Waals surface area contributed by atoms with E-state index in [-0.39, 0.29) is 5.69 Å². The van der Waals surface area contributed by atoms with Crippen LogP contribution in [-0.4, -0.2) is 19.1 Å². The zero-order chi connectivity index (χ0) is 15.4. The van der Waals surface area contributed by atoms with Gasteiger partial charge in [0.1, 0.15) is 17.3 Å². The number of nitrogens with zero attached hydrogens (tertiary/aromatic N) is 1. The number of hydrogen-bond acceptors (Lipinski definition) is 2. The largest absolute Gasteiger partial charge is 0.364 e. The van der Waals surface area contributed by atoms with Crippen molar-refractivity contribution in [3.8, 4) is 0 Å². The molecule has 4 heteroatoms. The van der Waals surface area contributed by atoms with Crippen LogP contribution in [0.25, 0.3) is 0 Å². The summed E-state index contributed by atoms with van der Waals surface area (Å²) in [7, 11) is 0. The lowest BCUT2D eigenvalue weighted by atomic mass is 10.1. The summed E-state index contributed by atoms with van der Waals surface area (Å²) < 4.78 is 28.7. The number of benzene rings is 1. The third kappa shape index (κ3) is 4.40. The standard InChI is InChI=1S/C17H26F2N2/c1-4-7-21(14-5-6-14)17-15(18)8-13(9-16(17)19)11-20-10-12(2)3/h8-9,12,14,20H,4-7,10-11H2,1-3H3. The molecule has 1 fully saturated rings. The average molecular weight is 296 g/mol. The molecule has 2 rings (SSSR count). The Labute approximate surface area is 126 Å².